The zero-order valence-electron chi connectivity index (χ0n) is 17.6. The number of hydrogen-bond acceptors (Lipinski definition) is 4. The Labute approximate surface area is 176 Å². The number of aromatic amines is 1. The third-order valence-corrected chi connectivity index (χ3v) is 5.15. The Hall–Kier alpha value is -3.54. The van der Waals surface area contributed by atoms with Crippen LogP contribution in [0, 0.1) is 6.92 Å². The van der Waals surface area contributed by atoms with Gasteiger partial charge in [-0.25, -0.2) is 4.98 Å². The number of nitrogens with one attached hydrogen (secondary N) is 2. The van der Waals surface area contributed by atoms with Crippen molar-refractivity contribution in [1.29, 1.82) is 0 Å². The van der Waals surface area contributed by atoms with Crippen LogP contribution in [-0.4, -0.2) is 41.0 Å². The lowest BCUT2D eigenvalue weighted by Crippen LogP contribution is -2.36. The molecule has 0 fully saturated rings. The summed E-state index contributed by atoms with van der Waals surface area (Å²) in [5.74, 6) is 1.66. The van der Waals surface area contributed by atoms with E-state index in [9.17, 15) is 4.79 Å². The van der Waals surface area contributed by atoms with Crippen LogP contribution in [0.3, 0.4) is 0 Å². The molecular formula is C24H26N4O2. The maximum Gasteiger partial charge on any atom is 0.270 e. The number of amides is 1. The number of ether oxygens (including phenoxy) is 1. The van der Waals surface area contributed by atoms with Crippen LogP contribution in [-0.2, 0) is 11.3 Å². The lowest BCUT2D eigenvalue weighted by molar-refractivity contribution is -0.128. The van der Waals surface area contributed by atoms with Gasteiger partial charge in [-0.2, -0.15) is 0 Å². The summed E-state index contributed by atoms with van der Waals surface area (Å²) in [7, 11) is 1.75. The molecule has 0 bridgehead atoms. The minimum atomic E-state index is -0.0586. The van der Waals surface area contributed by atoms with Crippen LogP contribution < -0.4 is 10.1 Å². The van der Waals surface area contributed by atoms with Gasteiger partial charge < -0.3 is 19.9 Å². The van der Waals surface area contributed by atoms with Crippen molar-refractivity contribution in [3.05, 3.63) is 71.7 Å². The summed E-state index contributed by atoms with van der Waals surface area (Å²) in [6.07, 6.45) is 1.77. The van der Waals surface area contributed by atoms with Gasteiger partial charge in [0, 0.05) is 19.2 Å². The molecule has 1 aromatic heterocycles. The smallest absolute Gasteiger partial charge is 0.270 e. The number of fused-ring (bicyclic) bond motifs is 2. The second kappa shape index (κ2) is 8.06. The molecule has 0 atom stereocenters. The number of aromatic nitrogens is 2. The molecule has 1 aliphatic rings. The highest BCUT2D eigenvalue weighted by atomic mass is 16.5. The van der Waals surface area contributed by atoms with Gasteiger partial charge in [0.05, 0.1) is 17.6 Å². The van der Waals surface area contributed by atoms with E-state index in [1.807, 2.05) is 30.9 Å². The van der Waals surface area contributed by atoms with E-state index in [0.29, 0.717) is 25.4 Å². The number of rotatable bonds is 4. The van der Waals surface area contributed by atoms with Crippen molar-refractivity contribution >= 4 is 16.9 Å². The van der Waals surface area contributed by atoms with E-state index in [1.165, 1.54) is 0 Å². The Balaban J connectivity index is 1.65. The highest BCUT2D eigenvalue weighted by molar-refractivity contribution is 5.93. The minimum absolute atomic E-state index is 0.0586. The van der Waals surface area contributed by atoms with Crippen molar-refractivity contribution in [1.82, 2.24) is 20.2 Å². The van der Waals surface area contributed by atoms with Gasteiger partial charge in [0.25, 0.3) is 5.91 Å². The quantitative estimate of drug-likeness (QED) is 0.512. The summed E-state index contributed by atoms with van der Waals surface area (Å²) < 4.78 is 5.92. The van der Waals surface area contributed by atoms with Crippen molar-refractivity contribution in [2.24, 2.45) is 0 Å². The summed E-state index contributed by atoms with van der Waals surface area (Å²) in [5, 5.41) is 2.99. The Bertz CT molecular complexity index is 1160. The SMILES string of the molecule is C=C(C)/C=C(\NC)C(=O)N1CCOc2ccc(-c3ccc4nc(C)[nH]c4c3)cc2C1. The van der Waals surface area contributed by atoms with Gasteiger partial charge in [-0.1, -0.05) is 24.3 Å². The number of hydrogen-bond donors (Lipinski definition) is 2. The number of benzene rings is 2. The molecule has 2 N–H and O–H groups in total. The monoisotopic (exact) mass is 402 g/mol. The molecule has 0 radical (unpaired) electrons. The number of carbonyl (C=O) groups excluding carboxylic acids is 1. The molecule has 0 unspecified atom stereocenters. The van der Waals surface area contributed by atoms with E-state index in [0.717, 1.165) is 44.9 Å². The zero-order valence-corrected chi connectivity index (χ0v) is 17.6. The maximum absolute atomic E-state index is 13.0. The van der Waals surface area contributed by atoms with E-state index >= 15 is 0 Å². The summed E-state index contributed by atoms with van der Waals surface area (Å²) in [6, 6.07) is 12.3. The van der Waals surface area contributed by atoms with Crippen molar-refractivity contribution in [3.63, 3.8) is 0 Å². The number of allylic oxidation sites excluding steroid dienone is 2. The van der Waals surface area contributed by atoms with Crippen molar-refractivity contribution < 1.29 is 9.53 Å². The topological polar surface area (TPSA) is 70.2 Å². The molecule has 1 amide bonds. The van der Waals surface area contributed by atoms with Gasteiger partial charge in [-0.3, -0.25) is 4.79 Å². The molecule has 0 saturated carbocycles. The molecule has 2 aromatic carbocycles. The number of carbonyl (C=O) groups is 1. The van der Waals surface area contributed by atoms with Crippen molar-refractivity contribution in [2.75, 3.05) is 20.2 Å². The molecule has 1 aliphatic heterocycles. The average molecular weight is 402 g/mol. The lowest BCUT2D eigenvalue weighted by Gasteiger charge is -2.21. The van der Waals surface area contributed by atoms with Crippen LogP contribution in [0.4, 0.5) is 0 Å². The number of nitrogens with zero attached hydrogens (tertiary/aromatic N) is 2. The molecule has 2 heterocycles. The van der Waals surface area contributed by atoms with Crippen molar-refractivity contribution in [3.8, 4) is 16.9 Å². The highest BCUT2D eigenvalue weighted by Gasteiger charge is 2.22. The number of imidazole rings is 1. The van der Waals surface area contributed by atoms with Gasteiger partial charge in [-0.15, -0.1) is 0 Å². The van der Waals surface area contributed by atoms with Crippen molar-refractivity contribution in [2.45, 2.75) is 20.4 Å². The van der Waals surface area contributed by atoms with Gasteiger partial charge in [-0.05, 0) is 55.3 Å². The normalized spacial score (nSPS) is 14.1. The standard InChI is InChI=1S/C24H26N4O2/c1-15(2)11-22(25-4)24(29)28-9-10-30-23-8-6-17(12-19(23)14-28)18-5-7-20-21(13-18)27-16(3)26-20/h5-8,11-13,25H,1,9-10,14H2,2-4H3,(H,26,27)/b22-11-. The van der Waals surface area contributed by atoms with E-state index in [-0.39, 0.29) is 5.91 Å². The molecule has 3 aromatic rings. The Morgan fingerprint density at radius 2 is 2.03 bits per heavy atom. The van der Waals surface area contributed by atoms with Crippen LogP contribution >= 0.6 is 0 Å². The van der Waals surface area contributed by atoms with Crippen LogP contribution in [0.15, 0.2) is 60.3 Å². The Morgan fingerprint density at radius 1 is 1.27 bits per heavy atom. The van der Waals surface area contributed by atoms with Crippen LogP contribution in [0.25, 0.3) is 22.2 Å². The molecular weight excluding hydrogens is 376 g/mol. The maximum atomic E-state index is 13.0. The second-order valence-corrected chi connectivity index (χ2v) is 7.61. The van der Waals surface area contributed by atoms with E-state index in [2.05, 4.69) is 46.1 Å². The fraction of sp³-hybridized carbons (Fsp3) is 0.250. The fourth-order valence-corrected chi connectivity index (χ4v) is 3.72. The molecule has 0 aliphatic carbocycles. The van der Waals surface area contributed by atoms with Crippen LogP contribution in [0.2, 0.25) is 0 Å². The first-order valence-electron chi connectivity index (χ1n) is 10.0. The first-order chi connectivity index (χ1) is 14.4. The Kier molecular flexibility index (Phi) is 5.31. The summed E-state index contributed by atoms with van der Waals surface area (Å²) in [5.41, 5.74) is 6.48. The first-order valence-corrected chi connectivity index (χ1v) is 10.0. The molecule has 6 heteroatoms. The first kappa shape index (κ1) is 19.8. The minimum Gasteiger partial charge on any atom is -0.491 e. The molecule has 6 nitrogen and oxygen atoms in total. The van der Waals surface area contributed by atoms with Crippen LogP contribution in [0.1, 0.15) is 18.3 Å². The molecule has 4 rings (SSSR count). The lowest BCUT2D eigenvalue weighted by atomic mass is 10.0. The zero-order chi connectivity index (χ0) is 21.3. The van der Waals surface area contributed by atoms with E-state index in [4.69, 9.17) is 4.74 Å². The van der Waals surface area contributed by atoms with Gasteiger partial charge >= 0.3 is 0 Å². The molecule has 30 heavy (non-hydrogen) atoms. The van der Waals surface area contributed by atoms with E-state index in [1.54, 1.807) is 13.1 Å². The largest absolute Gasteiger partial charge is 0.491 e. The average Bonchev–Trinajstić information content (AvgIpc) is 2.96. The molecule has 0 spiro atoms. The predicted molar refractivity (Wildman–Crippen MR) is 119 cm³/mol. The number of aryl methyl sites for hydroxylation is 1. The Morgan fingerprint density at radius 3 is 2.80 bits per heavy atom. The number of likely N-dealkylation sites (N-methyl/N-ethyl adjacent to an activating group) is 1. The summed E-state index contributed by atoms with van der Waals surface area (Å²) in [6.45, 7) is 9.17. The third kappa shape index (κ3) is 3.94. The van der Waals surface area contributed by atoms with Gasteiger partial charge in [0.2, 0.25) is 0 Å². The second-order valence-electron chi connectivity index (χ2n) is 7.61. The number of H-pyrrole nitrogens is 1. The highest BCUT2D eigenvalue weighted by Crippen LogP contribution is 2.31. The van der Waals surface area contributed by atoms with Crippen LogP contribution in [0.5, 0.6) is 5.75 Å². The molecule has 154 valence electrons. The third-order valence-electron chi connectivity index (χ3n) is 5.15. The summed E-state index contributed by atoms with van der Waals surface area (Å²) >= 11 is 0. The van der Waals surface area contributed by atoms with Gasteiger partial charge in [0.1, 0.15) is 23.9 Å². The summed E-state index contributed by atoms with van der Waals surface area (Å²) in [4.78, 5) is 22.6. The fourth-order valence-electron chi connectivity index (χ4n) is 3.72. The van der Waals surface area contributed by atoms with Gasteiger partial charge in [0.15, 0.2) is 0 Å². The molecule has 0 saturated heterocycles. The van der Waals surface area contributed by atoms with E-state index < -0.39 is 0 Å². The predicted octanol–water partition coefficient (Wildman–Crippen LogP) is 3.94.